The Bertz CT molecular complexity index is 343. The lowest BCUT2D eigenvalue weighted by Gasteiger charge is -2.07. The van der Waals surface area contributed by atoms with Crippen LogP contribution in [-0.2, 0) is 12.8 Å². The molecule has 1 heterocycles. The largest absolute Gasteiger partial charge is 0.257 e. The SMILES string of the molecule is Cc1nn(C)c(Cl)c1CSC1CCCC1. The highest BCUT2D eigenvalue weighted by Crippen LogP contribution is 2.33. The minimum Gasteiger partial charge on any atom is -0.257 e. The molecule has 0 unspecified atom stereocenters. The molecule has 1 aliphatic rings. The fourth-order valence-electron chi connectivity index (χ4n) is 2.09. The molecule has 4 heteroatoms. The Morgan fingerprint density at radius 1 is 1.47 bits per heavy atom. The van der Waals surface area contributed by atoms with Gasteiger partial charge in [-0.1, -0.05) is 24.4 Å². The van der Waals surface area contributed by atoms with E-state index >= 15 is 0 Å². The Morgan fingerprint density at radius 2 is 2.13 bits per heavy atom. The summed E-state index contributed by atoms with van der Waals surface area (Å²) < 4.78 is 1.77. The van der Waals surface area contributed by atoms with Gasteiger partial charge in [0.15, 0.2) is 0 Å². The van der Waals surface area contributed by atoms with Crippen LogP contribution in [0, 0.1) is 6.92 Å². The van der Waals surface area contributed by atoms with Gasteiger partial charge in [0.2, 0.25) is 0 Å². The highest BCUT2D eigenvalue weighted by Gasteiger charge is 2.18. The molecule has 0 aliphatic heterocycles. The molecule has 0 N–H and O–H groups in total. The van der Waals surface area contributed by atoms with Gasteiger partial charge in [0.1, 0.15) is 5.15 Å². The summed E-state index contributed by atoms with van der Waals surface area (Å²) in [6.45, 7) is 2.04. The quantitative estimate of drug-likeness (QED) is 0.809. The van der Waals surface area contributed by atoms with Crippen molar-refractivity contribution in [1.82, 2.24) is 9.78 Å². The predicted octanol–water partition coefficient (Wildman–Crippen LogP) is 3.56. The van der Waals surface area contributed by atoms with Crippen molar-refractivity contribution in [2.45, 2.75) is 43.6 Å². The summed E-state index contributed by atoms with van der Waals surface area (Å²) in [5, 5.41) is 5.98. The Labute approximate surface area is 100 Å². The van der Waals surface area contributed by atoms with E-state index in [1.54, 1.807) is 4.68 Å². The average Bonchev–Trinajstić information content (AvgIpc) is 2.76. The molecule has 0 saturated heterocycles. The Morgan fingerprint density at radius 3 is 2.67 bits per heavy atom. The zero-order valence-corrected chi connectivity index (χ0v) is 10.9. The Balaban J connectivity index is 1.97. The van der Waals surface area contributed by atoms with E-state index in [9.17, 15) is 0 Å². The summed E-state index contributed by atoms with van der Waals surface area (Å²) in [6.07, 6.45) is 5.55. The maximum absolute atomic E-state index is 6.19. The minimum atomic E-state index is 0.804. The highest BCUT2D eigenvalue weighted by molar-refractivity contribution is 7.99. The molecule has 1 aromatic rings. The molecule has 1 fully saturated rings. The first-order valence-corrected chi connectivity index (χ1v) is 6.90. The molecule has 2 nitrogen and oxygen atoms in total. The van der Waals surface area contributed by atoms with Gasteiger partial charge in [0.05, 0.1) is 5.69 Å². The summed E-state index contributed by atoms with van der Waals surface area (Å²) in [5.41, 5.74) is 2.30. The highest BCUT2D eigenvalue weighted by atomic mass is 35.5. The molecule has 2 rings (SSSR count). The molecular weight excluding hydrogens is 228 g/mol. The molecule has 0 radical (unpaired) electrons. The molecule has 1 saturated carbocycles. The third kappa shape index (κ3) is 2.51. The van der Waals surface area contributed by atoms with Crippen LogP contribution in [0.4, 0.5) is 0 Å². The number of nitrogens with zero attached hydrogens (tertiary/aromatic N) is 2. The van der Waals surface area contributed by atoms with Crippen LogP contribution in [-0.4, -0.2) is 15.0 Å². The van der Waals surface area contributed by atoms with E-state index in [1.165, 1.54) is 31.2 Å². The maximum atomic E-state index is 6.19. The van der Waals surface area contributed by atoms with Crippen molar-refractivity contribution in [2.75, 3.05) is 0 Å². The molecule has 84 valence electrons. The summed E-state index contributed by atoms with van der Waals surface area (Å²) >= 11 is 8.23. The first kappa shape index (κ1) is 11.3. The van der Waals surface area contributed by atoms with Gasteiger partial charge in [-0.05, 0) is 19.8 Å². The topological polar surface area (TPSA) is 17.8 Å². The number of rotatable bonds is 3. The first-order valence-electron chi connectivity index (χ1n) is 5.48. The number of hydrogen-bond donors (Lipinski definition) is 0. The van der Waals surface area contributed by atoms with Crippen molar-refractivity contribution in [3.8, 4) is 0 Å². The van der Waals surface area contributed by atoms with Crippen LogP contribution in [0.15, 0.2) is 0 Å². The lowest BCUT2D eigenvalue weighted by atomic mass is 10.3. The van der Waals surface area contributed by atoms with Gasteiger partial charge in [0.25, 0.3) is 0 Å². The van der Waals surface area contributed by atoms with Crippen molar-refractivity contribution in [3.63, 3.8) is 0 Å². The molecule has 0 aromatic carbocycles. The number of thioether (sulfide) groups is 1. The Kier molecular flexibility index (Phi) is 3.62. The van der Waals surface area contributed by atoms with E-state index in [1.807, 2.05) is 25.7 Å². The average molecular weight is 245 g/mol. The summed E-state index contributed by atoms with van der Waals surface area (Å²) in [5.74, 6) is 1.02. The zero-order chi connectivity index (χ0) is 10.8. The molecule has 0 spiro atoms. The third-order valence-corrected chi connectivity index (χ3v) is 4.91. The van der Waals surface area contributed by atoms with Crippen LogP contribution >= 0.6 is 23.4 Å². The van der Waals surface area contributed by atoms with Crippen LogP contribution in [0.3, 0.4) is 0 Å². The fraction of sp³-hybridized carbons (Fsp3) is 0.727. The van der Waals surface area contributed by atoms with E-state index < -0.39 is 0 Å². The van der Waals surface area contributed by atoms with Gasteiger partial charge in [-0.25, -0.2) is 0 Å². The molecule has 0 bridgehead atoms. The summed E-state index contributed by atoms with van der Waals surface area (Å²) in [4.78, 5) is 0. The number of halogens is 1. The standard InChI is InChI=1S/C11H17ClN2S/c1-8-10(11(12)14(2)13-8)7-15-9-5-3-4-6-9/h9H,3-7H2,1-2H3. The lowest BCUT2D eigenvalue weighted by Crippen LogP contribution is -1.95. The second kappa shape index (κ2) is 4.79. The molecule has 1 aromatic heterocycles. The smallest absolute Gasteiger partial charge is 0.131 e. The second-order valence-electron chi connectivity index (χ2n) is 4.20. The van der Waals surface area contributed by atoms with Crippen molar-refractivity contribution >= 4 is 23.4 Å². The summed E-state index contributed by atoms with van der Waals surface area (Å²) in [6, 6.07) is 0. The second-order valence-corrected chi connectivity index (χ2v) is 5.84. The van der Waals surface area contributed by atoms with Crippen LogP contribution < -0.4 is 0 Å². The lowest BCUT2D eigenvalue weighted by molar-refractivity contribution is 0.757. The molecule has 0 amide bonds. The van der Waals surface area contributed by atoms with Crippen LogP contribution in [0.5, 0.6) is 0 Å². The van der Waals surface area contributed by atoms with E-state index in [0.717, 1.165) is 21.8 Å². The minimum absolute atomic E-state index is 0.804. The Hall–Kier alpha value is -0.150. The van der Waals surface area contributed by atoms with Gasteiger partial charge >= 0.3 is 0 Å². The van der Waals surface area contributed by atoms with Crippen LogP contribution in [0.25, 0.3) is 0 Å². The molecule has 15 heavy (non-hydrogen) atoms. The predicted molar refractivity (Wildman–Crippen MR) is 66.5 cm³/mol. The number of hydrogen-bond acceptors (Lipinski definition) is 2. The van der Waals surface area contributed by atoms with Gasteiger partial charge < -0.3 is 0 Å². The van der Waals surface area contributed by atoms with Gasteiger partial charge in [-0.15, -0.1) is 0 Å². The zero-order valence-electron chi connectivity index (χ0n) is 9.29. The van der Waals surface area contributed by atoms with E-state index in [-0.39, 0.29) is 0 Å². The molecular formula is C11H17ClN2S. The van der Waals surface area contributed by atoms with Crippen molar-refractivity contribution in [2.24, 2.45) is 7.05 Å². The number of aromatic nitrogens is 2. The molecule has 1 aliphatic carbocycles. The van der Waals surface area contributed by atoms with Gasteiger partial charge in [-0.2, -0.15) is 16.9 Å². The maximum Gasteiger partial charge on any atom is 0.131 e. The van der Waals surface area contributed by atoms with Gasteiger partial charge in [0, 0.05) is 23.6 Å². The van der Waals surface area contributed by atoms with Crippen molar-refractivity contribution in [1.29, 1.82) is 0 Å². The van der Waals surface area contributed by atoms with E-state index in [4.69, 9.17) is 11.6 Å². The third-order valence-electron chi connectivity index (χ3n) is 3.04. The van der Waals surface area contributed by atoms with Crippen LogP contribution in [0.2, 0.25) is 5.15 Å². The normalized spacial score (nSPS) is 17.5. The fourth-order valence-corrected chi connectivity index (χ4v) is 3.83. The monoisotopic (exact) mass is 244 g/mol. The van der Waals surface area contributed by atoms with E-state index in [0.29, 0.717) is 0 Å². The number of aryl methyl sites for hydroxylation is 2. The first-order chi connectivity index (χ1) is 7.18. The molecule has 0 atom stereocenters. The summed E-state index contributed by atoms with van der Waals surface area (Å²) in [7, 11) is 1.90. The van der Waals surface area contributed by atoms with Crippen molar-refractivity contribution < 1.29 is 0 Å². The van der Waals surface area contributed by atoms with E-state index in [2.05, 4.69) is 5.10 Å². The van der Waals surface area contributed by atoms with Crippen molar-refractivity contribution in [3.05, 3.63) is 16.4 Å². The van der Waals surface area contributed by atoms with Crippen LogP contribution in [0.1, 0.15) is 36.9 Å². The van der Waals surface area contributed by atoms with Gasteiger partial charge in [-0.3, -0.25) is 4.68 Å².